The highest BCUT2D eigenvalue weighted by molar-refractivity contribution is 6.00. The molecule has 0 fully saturated rings. The van der Waals surface area contributed by atoms with E-state index in [1.54, 1.807) is 55.5 Å². The molecular formula is C18H18O5. The first-order valence-corrected chi connectivity index (χ1v) is 7.16. The Morgan fingerprint density at radius 3 is 2.35 bits per heavy atom. The first-order chi connectivity index (χ1) is 11.1. The van der Waals surface area contributed by atoms with Crippen LogP contribution in [0.2, 0.25) is 0 Å². The number of rotatable bonds is 7. The molecule has 1 atom stereocenters. The second-order valence-corrected chi connectivity index (χ2v) is 4.80. The van der Waals surface area contributed by atoms with E-state index >= 15 is 0 Å². The Balaban J connectivity index is 1.89. The van der Waals surface area contributed by atoms with Crippen molar-refractivity contribution in [2.75, 3.05) is 13.7 Å². The number of ketones is 1. The zero-order valence-electron chi connectivity index (χ0n) is 13.0. The normalized spacial score (nSPS) is 11.4. The SMILES string of the molecule is COc1ccccc1C(=O)COC(=O)C(C)Oc1ccccc1. The largest absolute Gasteiger partial charge is 0.496 e. The first kappa shape index (κ1) is 16.5. The number of para-hydroxylation sites is 2. The molecule has 120 valence electrons. The number of methoxy groups -OCH3 is 1. The highest BCUT2D eigenvalue weighted by Gasteiger charge is 2.19. The summed E-state index contributed by atoms with van der Waals surface area (Å²) in [6.07, 6.45) is -0.803. The van der Waals surface area contributed by atoms with Gasteiger partial charge in [-0.05, 0) is 31.2 Å². The Morgan fingerprint density at radius 2 is 1.65 bits per heavy atom. The van der Waals surface area contributed by atoms with Crippen LogP contribution in [0.3, 0.4) is 0 Å². The smallest absolute Gasteiger partial charge is 0.347 e. The van der Waals surface area contributed by atoms with Gasteiger partial charge in [0.25, 0.3) is 0 Å². The highest BCUT2D eigenvalue weighted by atomic mass is 16.6. The predicted octanol–water partition coefficient (Wildman–Crippen LogP) is 2.89. The van der Waals surface area contributed by atoms with Gasteiger partial charge in [0.2, 0.25) is 5.78 Å². The fourth-order valence-corrected chi connectivity index (χ4v) is 1.96. The summed E-state index contributed by atoms with van der Waals surface area (Å²) in [6, 6.07) is 15.7. The van der Waals surface area contributed by atoms with Crippen molar-refractivity contribution in [3.63, 3.8) is 0 Å². The summed E-state index contributed by atoms with van der Waals surface area (Å²) >= 11 is 0. The number of ether oxygens (including phenoxy) is 3. The van der Waals surface area contributed by atoms with Crippen molar-refractivity contribution in [1.82, 2.24) is 0 Å². The van der Waals surface area contributed by atoms with Crippen LogP contribution in [0.4, 0.5) is 0 Å². The Bertz CT molecular complexity index is 666. The van der Waals surface area contributed by atoms with Crippen LogP contribution in [0, 0.1) is 0 Å². The van der Waals surface area contributed by atoms with E-state index in [0.29, 0.717) is 17.1 Å². The number of carbonyl (C=O) groups is 2. The Kier molecular flexibility index (Phi) is 5.74. The van der Waals surface area contributed by atoms with E-state index in [0.717, 1.165) is 0 Å². The fraction of sp³-hybridized carbons (Fsp3) is 0.222. The van der Waals surface area contributed by atoms with Gasteiger partial charge < -0.3 is 14.2 Å². The summed E-state index contributed by atoms with van der Waals surface area (Å²) in [5.74, 6) is 0.0787. The van der Waals surface area contributed by atoms with Crippen LogP contribution in [0.25, 0.3) is 0 Å². The molecule has 0 saturated heterocycles. The van der Waals surface area contributed by atoms with Gasteiger partial charge in [-0.25, -0.2) is 4.79 Å². The fourth-order valence-electron chi connectivity index (χ4n) is 1.96. The van der Waals surface area contributed by atoms with Crippen molar-refractivity contribution in [3.8, 4) is 11.5 Å². The molecule has 23 heavy (non-hydrogen) atoms. The number of hydrogen-bond acceptors (Lipinski definition) is 5. The predicted molar refractivity (Wildman–Crippen MR) is 84.8 cm³/mol. The molecule has 5 heteroatoms. The minimum Gasteiger partial charge on any atom is -0.496 e. The summed E-state index contributed by atoms with van der Waals surface area (Å²) in [4.78, 5) is 24.0. The van der Waals surface area contributed by atoms with Gasteiger partial charge in [-0.2, -0.15) is 0 Å². The summed E-state index contributed by atoms with van der Waals surface area (Å²) in [5, 5.41) is 0. The topological polar surface area (TPSA) is 61.8 Å². The zero-order valence-corrected chi connectivity index (χ0v) is 13.0. The molecule has 0 saturated carbocycles. The van der Waals surface area contributed by atoms with Crippen molar-refractivity contribution >= 4 is 11.8 Å². The van der Waals surface area contributed by atoms with Gasteiger partial charge in [-0.1, -0.05) is 30.3 Å². The maximum Gasteiger partial charge on any atom is 0.347 e. The van der Waals surface area contributed by atoms with Gasteiger partial charge in [0.1, 0.15) is 11.5 Å². The molecule has 0 heterocycles. The summed E-state index contributed by atoms with van der Waals surface area (Å²) < 4.78 is 15.6. The molecule has 0 aliphatic carbocycles. The van der Waals surface area contributed by atoms with Crippen LogP contribution in [0.5, 0.6) is 11.5 Å². The summed E-state index contributed by atoms with van der Waals surface area (Å²) in [7, 11) is 1.48. The standard InChI is InChI=1S/C18H18O5/c1-13(23-14-8-4-3-5-9-14)18(20)22-12-16(19)15-10-6-7-11-17(15)21-2/h3-11,13H,12H2,1-2H3. The Hall–Kier alpha value is -2.82. The van der Waals surface area contributed by atoms with E-state index in [2.05, 4.69) is 0 Å². The van der Waals surface area contributed by atoms with Gasteiger partial charge in [0.05, 0.1) is 12.7 Å². The van der Waals surface area contributed by atoms with E-state index in [1.807, 2.05) is 6.07 Å². The van der Waals surface area contributed by atoms with Crippen molar-refractivity contribution < 1.29 is 23.8 Å². The van der Waals surface area contributed by atoms with Crippen molar-refractivity contribution in [3.05, 3.63) is 60.2 Å². The molecule has 2 rings (SSSR count). The van der Waals surface area contributed by atoms with Crippen LogP contribution in [-0.2, 0) is 9.53 Å². The molecule has 0 spiro atoms. The molecule has 1 unspecified atom stereocenters. The van der Waals surface area contributed by atoms with E-state index in [9.17, 15) is 9.59 Å². The molecule has 0 amide bonds. The minimum atomic E-state index is -0.803. The second-order valence-electron chi connectivity index (χ2n) is 4.80. The third-order valence-corrected chi connectivity index (χ3v) is 3.14. The molecule has 0 bridgehead atoms. The quantitative estimate of drug-likeness (QED) is 0.581. The lowest BCUT2D eigenvalue weighted by atomic mass is 10.1. The summed E-state index contributed by atoms with van der Waals surface area (Å²) in [6.45, 7) is 1.21. The third-order valence-electron chi connectivity index (χ3n) is 3.14. The van der Waals surface area contributed by atoms with E-state index in [4.69, 9.17) is 14.2 Å². The Morgan fingerprint density at radius 1 is 1.00 bits per heavy atom. The van der Waals surface area contributed by atoms with E-state index in [-0.39, 0.29) is 12.4 Å². The van der Waals surface area contributed by atoms with Crippen LogP contribution in [-0.4, -0.2) is 31.6 Å². The van der Waals surface area contributed by atoms with Gasteiger partial charge in [0, 0.05) is 0 Å². The molecule has 5 nitrogen and oxygen atoms in total. The second kappa shape index (κ2) is 7.98. The molecule has 0 radical (unpaired) electrons. The molecule has 0 aliphatic heterocycles. The van der Waals surface area contributed by atoms with Gasteiger partial charge in [0.15, 0.2) is 12.7 Å². The van der Waals surface area contributed by atoms with Gasteiger partial charge in [-0.3, -0.25) is 4.79 Å². The number of hydrogen-bond donors (Lipinski definition) is 0. The van der Waals surface area contributed by atoms with Gasteiger partial charge in [-0.15, -0.1) is 0 Å². The van der Waals surface area contributed by atoms with Crippen LogP contribution in [0.1, 0.15) is 17.3 Å². The summed E-state index contributed by atoms with van der Waals surface area (Å²) in [5.41, 5.74) is 0.374. The maximum atomic E-state index is 12.1. The molecule has 2 aromatic carbocycles. The van der Waals surface area contributed by atoms with Crippen LogP contribution >= 0.6 is 0 Å². The van der Waals surface area contributed by atoms with Gasteiger partial charge >= 0.3 is 5.97 Å². The molecule has 0 aromatic heterocycles. The molecular weight excluding hydrogens is 296 g/mol. The monoisotopic (exact) mass is 314 g/mol. The lowest BCUT2D eigenvalue weighted by Gasteiger charge is -2.14. The number of carbonyl (C=O) groups excluding carboxylic acids is 2. The zero-order chi connectivity index (χ0) is 16.7. The molecule has 0 N–H and O–H groups in total. The number of esters is 1. The number of Topliss-reactive ketones (excluding diaryl/α,β-unsaturated/α-hetero) is 1. The molecule has 2 aromatic rings. The molecule has 0 aliphatic rings. The van der Waals surface area contributed by atoms with E-state index < -0.39 is 12.1 Å². The van der Waals surface area contributed by atoms with E-state index in [1.165, 1.54) is 7.11 Å². The van der Waals surface area contributed by atoms with Crippen LogP contribution < -0.4 is 9.47 Å². The third kappa shape index (κ3) is 4.57. The average Bonchev–Trinajstić information content (AvgIpc) is 2.60. The Labute approximate surface area is 134 Å². The van der Waals surface area contributed by atoms with Crippen LogP contribution in [0.15, 0.2) is 54.6 Å². The van der Waals surface area contributed by atoms with Crippen molar-refractivity contribution in [2.45, 2.75) is 13.0 Å². The highest BCUT2D eigenvalue weighted by Crippen LogP contribution is 2.18. The van der Waals surface area contributed by atoms with Crippen molar-refractivity contribution in [1.29, 1.82) is 0 Å². The maximum absolute atomic E-state index is 12.1. The first-order valence-electron chi connectivity index (χ1n) is 7.16. The lowest BCUT2D eigenvalue weighted by molar-refractivity contribution is -0.149. The lowest BCUT2D eigenvalue weighted by Crippen LogP contribution is -2.28. The van der Waals surface area contributed by atoms with Crippen molar-refractivity contribution in [2.24, 2.45) is 0 Å². The minimum absolute atomic E-state index is 0.331. The number of benzene rings is 2. The average molecular weight is 314 g/mol.